The van der Waals surface area contributed by atoms with Crippen molar-refractivity contribution in [3.63, 3.8) is 0 Å². The molecule has 0 unspecified atom stereocenters. The van der Waals surface area contributed by atoms with E-state index in [-0.39, 0.29) is 12.1 Å². The number of hydrogen-bond acceptors (Lipinski definition) is 2. The Bertz CT molecular complexity index is 677. The van der Waals surface area contributed by atoms with Crippen LogP contribution in [0.3, 0.4) is 0 Å². The number of amides is 1. The number of ether oxygens (including phenoxy) is 1. The summed E-state index contributed by atoms with van der Waals surface area (Å²) < 4.78 is 20.4. The Morgan fingerprint density at radius 3 is 2.57 bits per heavy atom. The second kappa shape index (κ2) is 7.04. The van der Waals surface area contributed by atoms with Gasteiger partial charge in [-0.05, 0) is 36.4 Å². The van der Waals surface area contributed by atoms with Crippen LogP contribution in [-0.2, 0) is 6.54 Å². The summed E-state index contributed by atoms with van der Waals surface area (Å²) in [4.78, 5) is 12.1. The highest BCUT2D eigenvalue weighted by molar-refractivity contribution is 9.10. The number of carbonyl (C=O) groups excluding carboxylic acids is 1. The summed E-state index contributed by atoms with van der Waals surface area (Å²) in [6, 6.07) is 9.73. The number of benzene rings is 2. The number of halogens is 3. The van der Waals surface area contributed by atoms with E-state index in [1.807, 2.05) is 12.1 Å². The highest BCUT2D eigenvalue weighted by Gasteiger charge is 2.13. The van der Waals surface area contributed by atoms with Crippen LogP contribution in [0.5, 0.6) is 5.75 Å². The van der Waals surface area contributed by atoms with E-state index in [0.29, 0.717) is 10.2 Å². The fraction of sp³-hybridized carbons (Fsp3) is 0.133. The van der Waals surface area contributed by atoms with Crippen molar-refractivity contribution in [1.29, 1.82) is 0 Å². The highest BCUT2D eigenvalue weighted by atomic mass is 79.9. The minimum absolute atomic E-state index is 0.00154. The van der Waals surface area contributed by atoms with Gasteiger partial charge in [-0.1, -0.05) is 31.9 Å². The van der Waals surface area contributed by atoms with Gasteiger partial charge in [0, 0.05) is 21.1 Å². The molecule has 0 saturated carbocycles. The molecule has 3 nitrogen and oxygen atoms in total. The van der Waals surface area contributed by atoms with Crippen LogP contribution in [-0.4, -0.2) is 13.0 Å². The van der Waals surface area contributed by atoms with E-state index < -0.39 is 11.7 Å². The maximum absolute atomic E-state index is 13.6. The molecule has 2 aromatic rings. The maximum atomic E-state index is 13.6. The van der Waals surface area contributed by atoms with Gasteiger partial charge < -0.3 is 10.1 Å². The van der Waals surface area contributed by atoms with E-state index in [1.54, 1.807) is 19.2 Å². The number of methoxy groups -OCH3 is 1. The van der Waals surface area contributed by atoms with E-state index in [1.165, 1.54) is 12.1 Å². The zero-order valence-corrected chi connectivity index (χ0v) is 14.3. The molecule has 0 radical (unpaired) electrons. The molecule has 0 bridgehead atoms. The minimum Gasteiger partial charge on any atom is -0.496 e. The van der Waals surface area contributed by atoms with Crippen LogP contribution >= 0.6 is 31.9 Å². The van der Waals surface area contributed by atoms with Crippen molar-refractivity contribution in [2.24, 2.45) is 0 Å². The van der Waals surface area contributed by atoms with Crippen molar-refractivity contribution in [1.82, 2.24) is 5.32 Å². The Morgan fingerprint density at radius 1 is 1.19 bits per heavy atom. The summed E-state index contributed by atoms with van der Waals surface area (Å²) >= 11 is 6.58. The first-order valence-corrected chi connectivity index (χ1v) is 7.65. The summed E-state index contributed by atoms with van der Waals surface area (Å²) in [5.41, 5.74) is 0.800. The third kappa shape index (κ3) is 4.04. The SMILES string of the molecule is COc1ccc(Br)cc1CNC(=O)c1cc(Br)ccc1F. The fourth-order valence-corrected chi connectivity index (χ4v) is 2.60. The van der Waals surface area contributed by atoms with Crippen LogP contribution in [0, 0.1) is 5.82 Å². The van der Waals surface area contributed by atoms with E-state index in [2.05, 4.69) is 37.2 Å². The number of hydrogen-bond donors (Lipinski definition) is 1. The molecule has 0 aliphatic carbocycles. The smallest absolute Gasteiger partial charge is 0.254 e. The molecular formula is C15H12Br2FNO2. The van der Waals surface area contributed by atoms with Crippen LogP contribution in [0.4, 0.5) is 4.39 Å². The summed E-state index contributed by atoms with van der Waals surface area (Å²) in [7, 11) is 1.56. The van der Waals surface area contributed by atoms with Gasteiger partial charge in [0.25, 0.3) is 5.91 Å². The molecule has 1 N–H and O–H groups in total. The largest absolute Gasteiger partial charge is 0.496 e. The molecule has 2 rings (SSSR count). The van der Waals surface area contributed by atoms with E-state index in [9.17, 15) is 9.18 Å². The Hall–Kier alpha value is -1.40. The molecule has 21 heavy (non-hydrogen) atoms. The van der Waals surface area contributed by atoms with Gasteiger partial charge in [-0.25, -0.2) is 4.39 Å². The normalized spacial score (nSPS) is 10.3. The van der Waals surface area contributed by atoms with Crippen molar-refractivity contribution < 1.29 is 13.9 Å². The molecule has 0 saturated heterocycles. The number of carbonyl (C=O) groups is 1. The molecule has 2 aromatic carbocycles. The molecule has 6 heteroatoms. The molecule has 0 aliphatic rings. The third-order valence-electron chi connectivity index (χ3n) is 2.85. The first-order valence-electron chi connectivity index (χ1n) is 6.07. The summed E-state index contributed by atoms with van der Waals surface area (Å²) in [5, 5.41) is 2.68. The zero-order valence-electron chi connectivity index (χ0n) is 11.1. The average Bonchev–Trinajstić information content (AvgIpc) is 2.47. The molecule has 0 heterocycles. The quantitative estimate of drug-likeness (QED) is 0.807. The lowest BCUT2D eigenvalue weighted by Gasteiger charge is -2.11. The summed E-state index contributed by atoms with van der Waals surface area (Å²) in [6.45, 7) is 0.243. The molecule has 0 fully saturated rings. The van der Waals surface area contributed by atoms with Crippen LogP contribution in [0.15, 0.2) is 45.3 Å². The van der Waals surface area contributed by atoms with Gasteiger partial charge in [-0.15, -0.1) is 0 Å². The second-order valence-electron chi connectivity index (χ2n) is 4.26. The average molecular weight is 417 g/mol. The Balaban J connectivity index is 2.14. The van der Waals surface area contributed by atoms with Crippen molar-refractivity contribution in [2.75, 3.05) is 7.11 Å². The van der Waals surface area contributed by atoms with Gasteiger partial charge >= 0.3 is 0 Å². The van der Waals surface area contributed by atoms with E-state index in [0.717, 1.165) is 10.0 Å². The van der Waals surface area contributed by atoms with Gasteiger partial charge in [0.05, 0.1) is 12.7 Å². The second-order valence-corrected chi connectivity index (χ2v) is 6.09. The van der Waals surface area contributed by atoms with Gasteiger partial charge in [0.15, 0.2) is 0 Å². The molecule has 0 aromatic heterocycles. The van der Waals surface area contributed by atoms with Crippen molar-refractivity contribution in [3.05, 3.63) is 62.3 Å². The lowest BCUT2D eigenvalue weighted by Crippen LogP contribution is -2.24. The highest BCUT2D eigenvalue weighted by Crippen LogP contribution is 2.23. The van der Waals surface area contributed by atoms with Crippen LogP contribution in [0.1, 0.15) is 15.9 Å². The molecule has 0 spiro atoms. The Labute approximate surface area is 138 Å². The summed E-state index contributed by atoms with van der Waals surface area (Å²) in [5.74, 6) is -0.374. The Kier molecular flexibility index (Phi) is 5.36. The lowest BCUT2D eigenvalue weighted by molar-refractivity contribution is 0.0946. The predicted octanol–water partition coefficient (Wildman–Crippen LogP) is 4.29. The van der Waals surface area contributed by atoms with Gasteiger partial charge in [-0.3, -0.25) is 4.79 Å². The van der Waals surface area contributed by atoms with Crippen LogP contribution < -0.4 is 10.1 Å². The first kappa shape index (κ1) is 16.0. The maximum Gasteiger partial charge on any atom is 0.254 e. The monoisotopic (exact) mass is 415 g/mol. The van der Waals surface area contributed by atoms with E-state index >= 15 is 0 Å². The molecule has 0 atom stereocenters. The van der Waals surface area contributed by atoms with Crippen LogP contribution in [0.25, 0.3) is 0 Å². The van der Waals surface area contributed by atoms with Crippen molar-refractivity contribution >= 4 is 37.8 Å². The Morgan fingerprint density at radius 2 is 1.86 bits per heavy atom. The van der Waals surface area contributed by atoms with Crippen LogP contribution in [0.2, 0.25) is 0 Å². The predicted molar refractivity (Wildman–Crippen MR) is 86.0 cm³/mol. The zero-order chi connectivity index (χ0) is 15.4. The topological polar surface area (TPSA) is 38.3 Å². The standard InChI is InChI=1S/C15H12Br2FNO2/c1-21-14-5-3-10(16)6-9(14)8-19-15(20)12-7-11(17)2-4-13(12)18/h2-7H,8H2,1H3,(H,19,20). The van der Waals surface area contributed by atoms with Gasteiger partial charge in [0.1, 0.15) is 11.6 Å². The van der Waals surface area contributed by atoms with Gasteiger partial charge in [0.2, 0.25) is 0 Å². The first-order chi connectivity index (χ1) is 10.0. The van der Waals surface area contributed by atoms with Gasteiger partial charge in [-0.2, -0.15) is 0 Å². The lowest BCUT2D eigenvalue weighted by atomic mass is 10.1. The number of rotatable bonds is 4. The van der Waals surface area contributed by atoms with E-state index in [4.69, 9.17) is 4.74 Å². The minimum atomic E-state index is -0.558. The molecule has 1 amide bonds. The number of nitrogens with one attached hydrogen (secondary N) is 1. The van der Waals surface area contributed by atoms with Crippen molar-refractivity contribution in [3.8, 4) is 5.75 Å². The molecule has 110 valence electrons. The van der Waals surface area contributed by atoms with Crippen molar-refractivity contribution in [2.45, 2.75) is 6.54 Å². The fourth-order valence-electron chi connectivity index (χ4n) is 1.83. The summed E-state index contributed by atoms with van der Waals surface area (Å²) in [6.07, 6.45) is 0. The third-order valence-corrected chi connectivity index (χ3v) is 3.84. The molecule has 0 aliphatic heterocycles. The molecular weight excluding hydrogens is 405 g/mol.